The van der Waals surface area contributed by atoms with Crippen LogP contribution in [-0.4, -0.2) is 79.0 Å². The first-order chi connectivity index (χ1) is 14.1. The molecule has 1 aromatic carbocycles. The van der Waals surface area contributed by atoms with Crippen LogP contribution < -0.4 is 5.32 Å². The third kappa shape index (κ3) is 6.23. The monoisotopic (exact) mass is 529 g/mol. The van der Waals surface area contributed by atoms with Gasteiger partial charge in [0.2, 0.25) is 5.91 Å². The molecule has 0 aromatic heterocycles. The topological polar surface area (TPSA) is 77.5 Å². The van der Waals surface area contributed by atoms with Crippen LogP contribution in [0.3, 0.4) is 0 Å². The number of hydrogen-bond donors (Lipinski definition) is 1. The summed E-state index contributed by atoms with van der Waals surface area (Å²) in [7, 11) is 1.77. The van der Waals surface area contributed by atoms with Crippen molar-refractivity contribution >= 4 is 41.9 Å². The number of carbonyl (C=O) groups is 2. The van der Waals surface area contributed by atoms with Gasteiger partial charge in [0.15, 0.2) is 5.96 Å². The Balaban J connectivity index is 0.00000320. The molecular formula is C21H32IN5O3. The van der Waals surface area contributed by atoms with Gasteiger partial charge >= 0.3 is 6.09 Å². The number of halogens is 1. The van der Waals surface area contributed by atoms with Gasteiger partial charge in [0.25, 0.3) is 0 Å². The van der Waals surface area contributed by atoms with Crippen LogP contribution in [0.4, 0.5) is 4.79 Å². The molecule has 2 aliphatic rings. The van der Waals surface area contributed by atoms with Crippen LogP contribution in [0.1, 0.15) is 30.9 Å². The Morgan fingerprint density at radius 2 is 1.77 bits per heavy atom. The standard InChI is InChI=1S/C21H31N5O3.HI/c1-3-29-21(28)25-13-11-24(12-14-25)20(22-2)23-15-17-7-4-5-8-18(17)16-26-10-6-9-19(26)27;/h4-5,7-8H,3,6,9-16H2,1-2H3,(H,22,23);1H. The number of rotatable bonds is 5. The normalized spacial score (nSPS) is 17.1. The van der Waals surface area contributed by atoms with Gasteiger partial charge in [-0.05, 0) is 24.5 Å². The molecule has 3 rings (SSSR count). The maximum absolute atomic E-state index is 12.0. The van der Waals surface area contributed by atoms with Crippen molar-refractivity contribution < 1.29 is 14.3 Å². The van der Waals surface area contributed by atoms with E-state index in [0.29, 0.717) is 52.3 Å². The zero-order valence-electron chi connectivity index (χ0n) is 17.8. The maximum Gasteiger partial charge on any atom is 0.409 e. The van der Waals surface area contributed by atoms with Crippen molar-refractivity contribution in [3.8, 4) is 0 Å². The van der Waals surface area contributed by atoms with Crippen molar-refractivity contribution in [2.45, 2.75) is 32.9 Å². The Morgan fingerprint density at radius 3 is 2.37 bits per heavy atom. The Labute approximate surface area is 195 Å². The first-order valence-electron chi connectivity index (χ1n) is 10.3. The van der Waals surface area contributed by atoms with Crippen LogP contribution in [0.2, 0.25) is 0 Å². The van der Waals surface area contributed by atoms with Crippen LogP contribution in [0.15, 0.2) is 29.3 Å². The average Bonchev–Trinajstić information content (AvgIpc) is 3.14. The highest BCUT2D eigenvalue weighted by Gasteiger charge is 2.24. The number of benzene rings is 1. The van der Waals surface area contributed by atoms with Gasteiger partial charge in [0.1, 0.15) is 0 Å². The summed E-state index contributed by atoms with van der Waals surface area (Å²) < 4.78 is 5.08. The molecular weight excluding hydrogens is 497 g/mol. The van der Waals surface area contributed by atoms with Crippen LogP contribution in [0.5, 0.6) is 0 Å². The lowest BCUT2D eigenvalue weighted by Crippen LogP contribution is -2.53. The molecule has 30 heavy (non-hydrogen) atoms. The number of ether oxygens (including phenoxy) is 1. The van der Waals surface area contributed by atoms with Crippen molar-refractivity contribution in [2.24, 2.45) is 4.99 Å². The van der Waals surface area contributed by atoms with Crippen molar-refractivity contribution in [1.29, 1.82) is 0 Å². The minimum atomic E-state index is -0.250. The first-order valence-corrected chi connectivity index (χ1v) is 10.3. The molecule has 1 aromatic rings. The Morgan fingerprint density at radius 1 is 1.10 bits per heavy atom. The van der Waals surface area contributed by atoms with Crippen LogP contribution in [0.25, 0.3) is 0 Å². The van der Waals surface area contributed by atoms with Gasteiger partial charge in [-0.25, -0.2) is 4.79 Å². The summed E-state index contributed by atoms with van der Waals surface area (Å²) in [5.41, 5.74) is 2.33. The zero-order valence-corrected chi connectivity index (χ0v) is 20.1. The summed E-state index contributed by atoms with van der Waals surface area (Å²) in [5, 5.41) is 3.44. The minimum Gasteiger partial charge on any atom is -0.450 e. The summed E-state index contributed by atoms with van der Waals surface area (Å²) in [6.45, 7) is 7.01. The molecule has 1 N–H and O–H groups in total. The van der Waals surface area contributed by atoms with E-state index in [1.807, 2.05) is 24.0 Å². The van der Waals surface area contributed by atoms with E-state index in [2.05, 4.69) is 27.3 Å². The lowest BCUT2D eigenvalue weighted by Gasteiger charge is -2.36. The molecule has 0 bridgehead atoms. The number of hydrogen-bond acceptors (Lipinski definition) is 4. The Bertz CT molecular complexity index is 750. The summed E-state index contributed by atoms with van der Waals surface area (Å²) in [4.78, 5) is 34.1. The van der Waals surface area contributed by atoms with Crippen molar-refractivity contribution in [3.05, 3.63) is 35.4 Å². The van der Waals surface area contributed by atoms with Gasteiger partial charge < -0.3 is 24.8 Å². The fraction of sp³-hybridized carbons (Fsp3) is 0.571. The average molecular weight is 529 g/mol. The molecule has 2 heterocycles. The number of guanidine groups is 1. The summed E-state index contributed by atoms with van der Waals surface area (Å²) in [5.74, 6) is 1.06. The summed E-state index contributed by atoms with van der Waals surface area (Å²) >= 11 is 0. The lowest BCUT2D eigenvalue weighted by atomic mass is 10.1. The molecule has 9 heteroatoms. The highest BCUT2D eigenvalue weighted by molar-refractivity contribution is 14.0. The molecule has 0 saturated carbocycles. The summed E-state index contributed by atoms with van der Waals surface area (Å²) in [6, 6.07) is 8.22. The van der Waals surface area contributed by atoms with Gasteiger partial charge in [0.05, 0.1) is 6.61 Å². The SMILES string of the molecule is CCOC(=O)N1CCN(C(=NC)NCc2ccccc2CN2CCCC2=O)CC1.I. The summed E-state index contributed by atoms with van der Waals surface area (Å²) in [6.07, 6.45) is 1.36. The van der Waals surface area contributed by atoms with Crippen molar-refractivity contribution in [1.82, 2.24) is 20.0 Å². The largest absolute Gasteiger partial charge is 0.450 e. The van der Waals surface area contributed by atoms with E-state index >= 15 is 0 Å². The smallest absolute Gasteiger partial charge is 0.409 e. The number of aliphatic imine (C=N–C) groups is 1. The molecule has 166 valence electrons. The van der Waals surface area contributed by atoms with Gasteiger partial charge in [-0.2, -0.15) is 0 Å². The second-order valence-corrected chi connectivity index (χ2v) is 7.26. The molecule has 2 saturated heterocycles. The number of piperazine rings is 1. The second-order valence-electron chi connectivity index (χ2n) is 7.26. The van der Waals surface area contributed by atoms with Crippen molar-refractivity contribution in [3.63, 3.8) is 0 Å². The van der Waals surface area contributed by atoms with Gasteiger partial charge in [-0.15, -0.1) is 24.0 Å². The first kappa shape index (κ1) is 24.2. The van der Waals surface area contributed by atoms with Gasteiger partial charge in [-0.3, -0.25) is 9.79 Å². The van der Waals surface area contributed by atoms with E-state index in [-0.39, 0.29) is 36.0 Å². The van der Waals surface area contributed by atoms with E-state index in [0.717, 1.165) is 24.5 Å². The third-order valence-electron chi connectivity index (χ3n) is 5.40. The Kier molecular flexibility index (Phi) is 9.67. The van der Waals surface area contributed by atoms with Crippen LogP contribution in [0, 0.1) is 0 Å². The molecule has 2 aliphatic heterocycles. The van der Waals surface area contributed by atoms with E-state index in [1.54, 1.807) is 11.9 Å². The fourth-order valence-electron chi connectivity index (χ4n) is 3.78. The van der Waals surface area contributed by atoms with Crippen molar-refractivity contribution in [2.75, 3.05) is 46.4 Å². The zero-order chi connectivity index (χ0) is 20.6. The quantitative estimate of drug-likeness (QED) is 0.360. The molecule has 0 radical (unpaired) electrons. The molecule has 0 aliphatic carbocycles. The minimum absolute atomic E-state index is 0. The number of amides is 2. The van der Waals surface area contributed by atoms with E-state index in [4.69, 9.17) is 4.74 Å². The number of likely N-dealkylation sites (tertiary alicyclic amines) is 1. The van der Waals surface area contributed by atoms with Gasteiger partial charge in [-0.1, -0.05) is 24.3 Å². The highest BCUT2D eigenvalue weighted by atomic mass is 127. The predicted molar refractivity (Wildman–Crippen MR) is 127 cm³/mol. The van der Waals surface area contributed by atoms with E-state index in [1.165, 1.54) is 5.56 Å². The number of nitrogens with one attached hydrogen (secondary N) is 1. The molecule has 2 amide bonds. The molecule has 0 atom stereocenters. The molecule has 0 spiro atoms. The van der Waals surface area contributed by atoms with Crippen LogP contribution in [-0.2, 0) is 22.6 Å². The Hall–Kier alpha value is -2.04. The highest BCUT2D eigenvalue weighted by Crippen LogP contribution is 2.17. The molecule has 2 fully saturated rings. The predicted octanol–water partition coefficient (Wildman–Crippen LogP) is 2.28. The van der Waals surface area contributed by atoms with Crippen LogP contribution >= 0.6 is 24.0 Å². The molecule has 8 nitrogen and oxygen atoms in total. The second kappa shape index (κ2) is 12.0. The third-order valence-corrected chi connectivity index (χ3v) is 5.40. The van der Waals surface area contributed by atoms with Gasteiger partial charge in [0, 0.05) is 59.3 Å². The number of nitrogens with zero attached hydrogens (tertiary/aromatic N) is 4. The maximum atomic E-state index is 12.0. The lowest BCUT2D eigenvalue weighted by molar-refractivity contribution is -0.128. The van der Waals surface area contributed by atoms with E-state index in [9.17, 15) is 9.59 Å². The fourth-order valence-corrected chi connectivity index (χ4v) is 3.78. The number of carbonyl (C=O) groups excluding carboxylic acids is 2. The van der Waals surface area contributed by atoms with E-state index < -0.39 is 0 Å². The molecule has 0 unspecified atom stereocenters.